The van der Waals surface area contributed by atoms with Crippen LogP contribution in [0.2, 0.25) is 0 Å². The standard InChI is InChI=1S/C23H27NO4/c1-14-7-3-4-9-17(14)21-20(23(26)28-13-16-8-6-12-27-16)15(2)24-18-10-5-11-19(25)22(18)21/h3-4,7,9,16,21,24H,5-6,8,10-13H2,1-2H3/t16-,21+/m1/s1. The molecule has 1 aromatic rings. The first-order chi connectivity index (χ1) is 13.6. The molecule has 0 amide bonds. The summed E-state index contributed by atoms with van der Waals surface area (Å²) in [6.07, 6.45) is 4.10. The minimum absolute atomic E-state index is 0.0237. The van der Waals surface area contributed by atoms with Gasteiger partial charge in [-0.15, -0.1) is 0 Å². The number of aryl methyl sites for hydroxylation is 1. The molecule has 1 fully saturated rings. The van der Waals surface area contributed by atoms with Crippen molar-refractivity contribution >= 4 is 11.8 Å². The quantitative estimate of drug-likeness (QED) is 0.806. The molecule has 4 rings (SSSR count). The number of Topliss-reactive ketones (excluding diaryl/α,β-unsaturated/α-hetero) is 1. The first kappa shape index (κ1) is 18.9. The Labute approximate surface area is 165 Å². The second-order valence-electron chi connectivity index (χ2n) is 7.86. The zero-order chi connectivity index (χ0) is 19.7. The highest BCUT2D eigenvalue weighted by Gasteiger charge is 2.39. The van der Waals surface area contributed by atoms with E-state index in [1.54, 1.807) is 0 Å². The number of benzene rings is 1. The monoisotopic (exact) mass is 381 g/mol. The lowest BCUT2D eigenvalue weighted by atomic mass is 9.74. The van der Waals surface area contributed by atoms with E-state index in [1.165, 1.54) is 0 Å². The Kier molecular flexibility index (Phi) is 5.36. The van der Waals surface area contributed by atoms with Gasteiger partial charge in [-0.2, -0.15) is 0 Å². The van der Waals surface area contributed by atoms with Crippen molar-refractivity contribution in [3.8, 4) is 0 Å². The molecule has 148 valence electrons. The highest BCUT2D eigenvalue weighted by atomic mass is 16.6. The Hall–Kier alpha value is -2.40. The number of nitrogens with one attached hydrogen (secondary N) is 1. The minimum atomic E-state index is -0.373. The number of ketones is 1. The second kappa shape index (κ2) is 7.92. The molecule has 28 heavy (non-hydrogen) atoms. The van der Waals surface area contributed by atoms with Crippen LogP contribution in [0.15, 0.2) is 46.8 Å². The maximum Gasteiger partial charge on any atom is 0.336 e. The number of carbonyl (C=O) groups excluding carboxylic acids is 2. The number of rotatable bonds is 4. The van der Waals surface area contributed by atoms with Gasteiger partial charge in [0.2, 0.25) is 0 Å². The predicted molar refractivity (Wildman–Crippen MR) is 106 cm³/mol. The number of esters is 1. The molecule has 3 aliphatic rings. The Bertz CT molecular complexity index is 861. The van der Waals surface area contributed by atoms with E-state index >= 15 is 0 Å². The molecule has 0 radical (unpaired) electrons. The number of carbonyl (C=O) groups is 2. The topological polar surface area (TPSA) is 64.6 Å². The van der Waals surface area contributed by atoms with Gasteiger partial charge in [-0.3, -0.25) is 4.79 Å². The van der Waals surface area contributed by atoms with Crippen LogP contribution >= 0.6 is 0 Å². The fourth-order valence-electron chi connectivity index (χ4n) is 4.50. The number of ether oxygens (including phenoxy) is 2. The Morgan fingerprint density at radius 1 is 1.21 bits per heavy atom. The third-order valence-electron chi connectivity index (χ3n) is 5.92. The maximum absolute atomic E-state index is 13.1. The van der Waals surface area contributed by atoms with Gasteiger partial charge < -0.3 is 14.8 Å². The number of hydrogen-bond donors (Lipinski definition) is 1. The maximum atomic E-state index is 13.1. The summed E-state index contributed by atoms with van der Waals surface area (Å²) < 4.78 is 11.2. The average molecular weight is 381 g/mol. The third-order valence-corrected chi connectivity index (χ3v) is 5.92. The number of dihydropyridines is 1. The van der Waals surface area contributed by atoms with E-state index in [-0.39, 0.29) is 30.4 Å². The molecule has 2 heterocycles. The van der Waals surface area contributed by atoms with Gasteiger partial charge in [0, 0.05) is 35.9 Å². The normalized spacial score (nSPS) is 24.9. The minimum Gasteiger partial charge on any atom is -0.459 e. The van der Waals surface area contributed by atoms with E-state index in [0.29, 0.717) is 12.0 Å². The SMILES string of the molecule is CC1=C(C(=O)OC[C@H]2CCCO2)[C@H](c2ccccc2C)C2=C(CCCC2=O)N1. The zero-order valence-corrected chi connectivity index (χ0v) is 16.5. The molecular formula is C23H27NO4. The van der Waals surface area contributed by atoms with E-state index < -0.39 is 0 Å². The summed E-state index contributed by atoms with van der Waals surface area (Å²) in [7, 11) is 0. The molecule has 5 nitrogen and oxygen atoms in total. The van der Waals surface area contributed by atoms with Gasteiger partial charge in [0.15, 0.2) is 5.78 Å². The summed E-state index contributed by atoms with van der Waals surface area (Å²) >= 11 is 0. The van der Waals surface area contributed by atoms with E-state index in [2.05, 4.69) is 5.32 Å². The van der Waals surface area contributed by atoms with E-state index in [9.17, 15) is 9.59 Å². The van der Waals surface area contributed by atoms with Crippen molar-refractivity contribution in [1.29, 1.82) is 0 Å². The van der Waals surface area contributed by atoms with Crippen LogP contribution in [0.3, 0.4) is 0 Å². The Morgan fingerprint density at radius 3 is 2.79 bits per heavy atom. The van der Waals surface area contributed by atoms with Crippen LogP contribution in [-0.2, 0) is 19.1 Å². The van der Waals surface area contributed by atoms with Crippen LogP contribution in [0.25, 0.3) is 0 Å². The van der Waals surface area contributed by atoms with E-state index in [4.69, 9.17) is 9.47 Å². The van der Waals surface area contributed by atoms with Gasteiger partial charge in [0.25, 0.3) is 0 Å². The molecule has 0 saturated carbocycles. The zero-order valence-electron chi connectivity index (χ0n) is 16.5. The third kappa shape index (κ3) is 3.51. The summed E-state index contributed by atoms with van der Waals surface area (Å²) in [6, 6.07) is 7.97. The largest absolute Gasteiger partial charge is 0.459 e. The fraction of sp³-hybridized carbons (Fsp3) is 0.478. The van der Waals surface area contributed by atoms with Crippen LogP contribution in [0.1, 0.15) is 56.1 Å². The lowest BCUT2D eigenvalue weighted by Crippen LogP contribution is -2.35. The Morgan fingerprint density at radius 2 is 2.04 bits per heavy atom. The number of hydrogen-bond acceptors (Lipinski definition) is 5. The summed E-state index contributed by atoms with van der Waals surface area (Å²) in [5.74, 6) is -0.611. The molecule has 1 N–H and O–H groups in total. The Balaban J connectivity index is 1.71. The highest BCUT2D eigenvalue weighted by Crippen LogP contribution is 2.43. The van der Waals surface area contributed by atoms with Crippen molar-refractivity contribution in [3.05, 3.63) is 57.9 Å². The van der Waals surface area contributed by atoms with Crippen molar-refractivity contribution in [1.82, 2.24) is 5.32 Å². The molecule has 0 aromatic heterocycles. The smallest absolute Gasteiger partial charge is 0.336 e. The van der Waals surface area contributed by atoms with Crippen molar-refractivity contribution < 1.29 is 19.1 Å². The first-order valence-electron chi connectivity index (χ1n) is 10.1. The van der Waals surface area contributed by atoms with Crippen molar-refractivity contribution in [2.75, 3.05) is 13.2 Å². The van der Waals surface area contributed by atoms with Gasteiger partial charge >= 0.3 is 5.97 Å². The molecule has 2 aliphatic heterocycles. The van der Waals surface area contributed by atoms with Crippen molar-refractivity contribution in [3.63, 3.8) is 0 Å². The molecule has 0 bridgehead atoms. The van der Waals surface area contributed by atoms with Gasteiger partial charge in [0.1, 0.15) is 6.61 Å². The van der Waals surface area contributed by atoms with E-state index in [1.807, 2.05) is 38.1 Å². The number of allylic oxidation sites excluding steroid dienone is 3. The first-order valence-corrected chi connectivity index (χ1v) is 10.1. The molecule has 5 heteroatoms. The van der Waals surface area contributed by atoms with E-state index in [0.717, 1.165) is 60.4 Å². The van der Waals surface area contributed by atoms with Crippen LogP contribution in [0.4, 0.5) is 0 Å². The van der Waals surface area contributed by atoms with Gasteiger partial charge in [-0.1, -0.05) is 24.3 Å². The summed E-state index contributed by atoms with van der Waals surface area (Å²) in [4.78, 5) is 26.0. The lowest BCUT2D eigenvalue weighted by Gasteiger charge is -2.34. The second-order valence-corrected chi connectivity index (χ2v) is 7.86. The van der Waals surface area contributed by atoms with Gasteiger partial charge in [0.05, 0.1) is 11.7 Å². The molecule has 1 saturated heterocycles. The van der Waals surface area contributed by atoms with Crippen LogP contribution in [-0.4, -0.2) is 31.1 Å². The molecule has 1 aromatic carbocycles. The molecule has 0 spiro atoms. The van der Waals surface area contributed by atoms with Crippen LogP contribution in [0.5, 0.6) is 0 Å². The molecule has 2 atom stereocenters. The molecular weight excluding hydrogens is 354 g/mol. The van der Waals surface area contributed by atoms with Crippen LogP contribution in [0, 0.1) is 6.92 Å². The summed E-state index contributed by atoms with van der Waals surface area (Å²) in [6.45, 7) is 4.91. The van der Waals surface area contributed by atoms with Gasteiger partial charge in [-0.05, 0) is 50.7 Å². The van der Waals surface area contributed by atoms with Gasteiger partial charge in [-0.25, -0.2) is 4.79 Å². The van der Waals surface area contributed by atoms with Crippen LogP contribution < -0.4 is 5.32 Å². The lowest BCUT2D eigenvalue weighted by molar-refractivity contribution is -0.142. The molecule has 0 unspecified atom stereocenters. The summed E-state index contributed by atoms with van der Waals surface area (Å²) in [5, 5.41) is 3.33. The molecule has 1 aliphatic carbocycles. The van der Waals surface area contributed by atoms with Crippen molar-refractivity contribution in [2.24, 2.45) is 0 Å². The van der Waals surface area contributed by atoms with Crippen molar-refractivity contribution in [2.45, 2.75) is 58.0 Å². The average Bonchev–Trinajstić information content (AvgIpc) is 3.19. The highest BCUT2D eigenvalue weighted by molar-refractivity contribution is 6.03. The predicted octanol–water partition coefficient (Wildman–Crippen LogP) is 3.69. The summed E-state index contributed by atoms with van der Waals surface area (Å²) in [5.41, 5.74) is 5.07. The fourth-order valence-corrected chi connectivity index (χ4v) is 4.50.